The lowest BCUT2D eigenvalue weighted by Crippen LogP contribution is -2.42. The van der Waals surface area contributed by atoms with E-state index in [-0.39, 0.29) is 24.0 Å². The molecule has 2 aromatic rings. The summed E-state index contributed by atoms with van der Waals surface area (Å²) in [7, 11) is 0. The Morgan fingerprint density at radius 2 is 1.83 bits per heavy atom. The second kappa shape index (κ2) is 8.91. The fraction of sp³-hybridized carbons (Fsp3) is 0.316. The maximum atomic E-state index is 4.72. The molecule has 0 atom stereocenters. The molecule has 0 saturated carbocycles. The quantitative estimate of drug-likeness (QED) is 0.336. The third kappa shape index (κ3) is 4.96. The maximum Gasteiger partial charge on any atom is 0.191 e. The number of fused-ring (bicyclic) bond motifs is 1. The van der Waals surface area contributed by atoms with Gasteiger partial charge in [-0.3, -0.25) is 0 Å². The van der Waals surface area contributed by atoms with Crippen molar-refractivity contribution in [1.82, 2.24) is 10.6 Å². The molecule has 0 fully saturated rings. The predicted molar refractivity (Wildman–Crippen MR) is 109 cm³/mol. The number of nitrogens with zero attached hydrogens (tertiary/aromatic N) is 1. The number of rotatable bonds is 4. The summed E-state index contributed by atoms with van der Waals surface area (Å²) in [6.07, 6.45) is 6.62. The van der Waals surface area contributed by atoms with Crippen molar-refractivity contribution in [3.63, 3.8) is 0 Å². The highest BCUT2D eigenvalue weighted by atomic mass is 127. The minimum Gasteiger partial charge on any atom is -0.357 e. The monoisotopic (exact) mass is 421 g/mol. The van der Waals surface area contributed by atoms with E-state index in [1.165, 1.54) is 16.3 Å². The van der Waals surface area contributed by atoms with Crippen molar-refractivity contribution in [2.75, 3.05) is 6.54 Å². The molecule has 1 aliphatic rings. The molecular formula is C19H24IN3. The van der Waals surface area contributed by atoms with Gasteiger partial charge < -0.3 is 10.6 Å². The number of hydrogen-bond acceptors (Lipinski definition) is 1. The molecule has 122 valence electrons. The molecule has 0 amide bonds. The zero-order valence-electron chi connectivity index (χ0n) is 13.5. The molecule has 4 heteroatoms. The van der Waals surface area contributed by atoms with Crippen LogP contribution in [0.4, 0.5) is 0 Å². The topological polar surface area (TPSA) is 36.4 Å². The highest BCUT2D eigenvalue weighted by Crippen LogP contribution is 2.16. The second-order valence-electron chi connectivity index (χ2n) is 5.66. The Labute approximate surface area is 155 Å². The fourth-order valence-corrected chi connectivity index (χ4v) is 2.76. The first-order valence-corrected chi connectivity index (χ1v) is 8.02. The zero-order chi connectivity index (χ0) is 15.2. The average molecular weight is 421 g/mol. The Morgan fingerprint density at radius 3 is 2.57 bits per heavy atom. The van der Waals surface area contributed by atoms with Gasteiger partial charge in [0.25, 0.3) is 0 Å². The zero-order valence-corrected chi connectivity index (χ0v) is 15.8. The molecular weight excluding hydrogens is 397 g/mol. The van der Waals surface area contributed by atoms with Gasteiger partial charge in [0.2, 0.25) is 0 Å². The molecule has 0 spiro atoms. The Hall–Kier alpha value is -1.56. The molecule has 0 aromatic heterocycles. The lowest BCUT2D eigenvalue weighted by atomic mass is 10.1. The number of nitrogens with one attached hydrogen (secondary N) is 2. The molecule has 0 bridgehead atoms. The molecule has 2 aromatic carbocycles. The van der Waals surface area contributed by atoms with E-state index in [0.29, 0.717) is 12.6 Å². The number of halogens is 1. The van der Waals surface area contributed by atoms with Crippen molar-refractivity contribution in [2.45, 2.75) is 32.4 Å². The minimum atomic E-state index is 0. The van der Waals surface area contributed by atoms with Crippen LogP contribution in [-0.4, -0.2) is 18.5 Å². The van der Waals surface area contributed by atoms with E-state index >= 15 is 0 Å². The van der Waals surface area contributed by atoms with E-state index in [1.54, 1.807) is 0 Å². The molecule has 0 aliphatic heterocycles. The SMILES string of the molecule is CCNC(=NCc1ccc2ccccc2c1)NC1CC=CC1.I. The van der Waals surface area contributed by atoms with Gasteiger partial charge in [-0.15, -0.1) is 24.0 Å². The van der Waals surface area contributed by atoms with E-state index in [1.807, 2.05) is 0 Å². The molecule has 0 heterocycles. The number of benzene rings is 2. The maximum absolute atomic E-state index is 4.72. The van der Waals surface area contributed by atoms with Gasteiger partial charge in [-0.05, 0) is 42.2 Å². The normalized spacial score (nSPS) is 14.7. The molecule has 0 unspecified atom stereocenters. The Balaban J connectivity index is 0.00000192. The lowest BCUT2D eigenvalue weighted by molar-refractivity contribution is 0.633. The van der Waals surface area contributed by atoms with Crippen LogP contribution in [0.5, 0.6) is 0 Å². The molecule has 3 rings (SSSR count). The van der Waals surface area contributed by atoms with Crippen molar-refractivity contribution >= 4 is 40.7 Å². The van der Waals surface area contributed by atoms with Crippen molar-refractivity contribution in [3.05, 3.63) is 60.2 Å². The van der Waals surface area contributed by atoms with Crippen LogP contribution in [-0.2, 0) is 6.54 Å². The Kier molecular flexibility index (Phi) is 6.89. The molecule has 0 saturated heterocycles. The Morgan fingerprint density at radius 1 is 1.09 bits per heavy atom. The van der Waals surface area contributed by atoms with Crippen LogP contribution in [0.1, 0.15) is 25.3 Å². The van der Waals surface area contributed by atoms with Gasteiger partial charge in [0.05, 0.1) is 6.54 Å². The molecule has 1 aliphatic carbocycles. The van der Waals surface area contributed by atoms with Crippen molar-refractivity contribution in [3.8, 4) is 0 Å². The lowest BCUT2D eigenvalue weighted by Gasteiger charge is -2.16. The van der Waals surface area contributed by atoms with E-state index in [0.717, 1.165) is 25.3 Å². The third-order valence-corrected chi connectivity index (χ3v) is 3.93. The van der Waals surface area contributed by atoms with Crippen LogP contribution in [0, 0.1) is 0 Å². The molecule has 2 N–H and O–H groups in total. The summed E-state index contributed by atoms with van der Waals surface area (Å²) >= 11 is 0. The average Bonchev–Trinajstić information content (AvgIpc) is 3.06. The first-order chi connectivity index (χ1) is 10.8. The van der Waals surface area contributed by atoms with Gasteiger partial charge >= 0.3 is 0 Å². The first-order valence-electron chi connectivity index (χ1n) is 8.02. The second-order valence-corrected chi connectivity index (χ2v) is 5.66. The summed E-state index contributed by atoms with van der Waals surface area (Å²) in [5.41, 5.74) is 1.24. The van der Waals surface area contributed by atoms with Crippen molar-refractivity contribution < 1.29 is 0 Å². The van der Waals surface area contributed by atoms with E-state index in [9.17, 15) is 0 Å². The van der Waals surface area contributed by atoms with Gasteiger partial charge in [0, 0.05) is 12.6 Å². The predicted octanol–water partition coefficient (Wildman–Crippen LogP) is 4.23. The summed E-state index contributed by atoms with van der Waals surface area (Å²) in [4.78, 5) is 4.72. The summed E-state index contributed by atoms with van der Waals surface area (Å²) < 4.78 is 0. The number of guanidine groups is 1. The third-order valence-electron chi connectivity index (χ3n) is 3.93. The van der Waals surface area contributed by atoms with Crippen LogP contribution >= 0.6 is 24.0 Å². The summed E-state index contributed by atoms with van der Waals surface area (Å²) in [5.74, 6) is 0.907. The molecule has 0 radical (unpaired) electrons. The standard InChI is InChI=1S/C19H23N3.HI/c1-2-20-19(22-18-9-5-6-10-18)21-14-15-11-12-16-7-3-4-8-17(16)13-15;/h3-8,11-13,18H,2,9-10,14H2,1H3,(H2,20,21,22);1H. The minimum absolute atomic E-state index is 0. The highest BCUT2D eigenvalue weighted by molar-refractivity contribution is 14.0. The molecule has 3 nitrogen and oxygen atoms in total. The van der Waals surface area contributed by atoms with Crippen LogP contribution in [0.25, 0.3) is 10.8 Å². The Bertz CT molecular complexity index is 686. The van der Waals surface area contributed by atoms with Gasteiger partial charge in [0.15, 0.2) is 5.96 Å². The summed E-state index contributed by atoms with van der Waals surface area (Å²) in [6.45, 7) is 3.67. The van der Waals surface area contributed by atoms with Gasteiger partial charge in [0.1, 0.15) is 0 Å². The van der Waals surface area contributed by atoms with Gasteiger partial charge in [-0.2, -0.15) is 0 Å². The van der Waals surface area contributed by atoms with Gasteiger partial charge in [-0.25, -0.2) is 4.99 Å². The first kappa shape index (κ1) is 17.8. The summed E-state index contributed by atoms with van der Waals surface area (Å²) in [5, 5.41) is 9.38. The van der Waals surface area contributed by atoms with Crippen LogP contribution in [0.2, 0.25) is 0 Å². The largest absolute Gasteiger partial charge is 0.357 e. The van der Waals surface area contributed by atoms with Gasteiger partial charge in [-0.1, -0.05) is 48.6 Å². The highest BCUT2D eigenvalue weighted by Gasteiger charge is 2.11. The van der Waals surface area contributed by atoms with Crippen molar-refractivity contribution in [1.29, 1.82) is 0 Å². The van der Waals surface area contributed by atoms with Crippen LogP contribution < -0.4 is 10.6 Å². The van der Waals surface area contributed by atoms with Crippen molar-refractivity contribution in [2.24, 2.45) is 4.99 Å². The summed E-state index contributed by atoms with van der Waals surface area (Å²) in [6, 6.07) is 15.5. The van der Waals surface area contributed by atoms with E-state index in [4.69, 9.17) is 4.99 Å². The molecule has 23 heavy (non-hydrogen) atoms. The van der Waals surface area contributed by atoms with E-state index in [2.05, 4.69) is 72.2 Å². The van der Waals surface area contributed by atoms with Crippen LogP contribution in [0.15, 0.2) is 59.6 Å². The smallest absolute Gasteiger partial charge is 0.191 e. The number of hydrogen-bond donors (Lipinski definition) is 2. The van der Waals surface area contributed by atoms with E-state index < -0.39 is 0 Å². The fourth-order valence-electron chi connectivity index (χ4n) is 2.76. The number of aliphatic imine (C=N–C) groups is 1. The van der Waals surface area contributed by atoms with Crippen LogP contribution in [0.3, 0.4) is 0 Å².